The Bertz CT molecular complexity index is 1360. The van der Waals surface area contributed by atoms with E-state index in [1.165, 1.54) is 42.1 Å². The summed E-state index contributed by atoms with van der Waals surface area (Å²) < 4.78 is 74.3. The number of fused-ring (bicyclic) bond motifs is 3. The van der Waals surface area contributed by atoms with Crippen LogP contribution in [0.4, 0.5) is 13.2 Å². The third-order valence-electron chi connectivity index (χ3n) is 5.30. The van der Waals surface area contributed by atoms with E-state index in [0.717, 1.165) is 25.7 Å². The molecule has 4 rings (SSSR count). The number of halogens is 3. The molecule has 1 aromatic heterocycles. The number of aromatic nitrogens is 2. The summed E-state index contributed by atoms with van der Waals surface area (Å²) in [5, 5.41) is 4.07. The molecular weight excluding hydrogens is 479 g/mol. The lowest BCUT2D eigenvalue weighted by atomic mass is 10.0. The summed E-state index contributed by atoms with van der Waals surface area (Å²) in [5.74, 6) is -1.06. The zero-order chi connectivity index (χ0) is 24.1. The monoisotopic (exact) mass is 497 g/mol. The number of benzene rings is 2. The Labute approximate surface area is 192 Å². The molecule has 0 spiro atoms. The molecule has 1 aliphatic heterocycles. The molecule has 0 saturated carbocycles. The number of carbonyl (C=O) groups is 1. The number of amides is 1. The Kier molecular flexibility index (Phi) is 5.91. The fraction of sp³-hybridized carbons (Fsp3) is 0.238. The molecule has 3 aromatic rings. The molecule has 12 heteroatoms. The van der Waals surface area contributed by atoms with Crippen LogP contribution in [0, 0.1) is 5.82 Å². The average Bonchev–Trinajstić information content (AvgIpc) is 3.19. The highest BCUT2D eigenvalue weighted by Crippen LogP contribution is 2.48. The van der Waals surface area contributed by atoms with E-state index in [4.69, 9.17) is 4.74 Å². The first-order chi connectivity index (χ1) is 15.6. The Hall–Kier alpha value is -2.99. The summed E-state index contributed by atoms with van der Waals surface area (Å²) in [7, 11) is -1.58. The Morgan fingerprint density at radius 2 is 1.88 bits per heavy atom. The van der Waals surface area contributed by atoms with E-state index < -0.39 is 33.9 Å². The minimum Gasteiger partial charge on any atom is -0.494 e. The number of sulfonamides is 1. The average molecular weight is 498 g/mol. The summed E-state index contributed by atoms with van der Waals surface area (Å²) in [6, 6.07) is 8.30. The first-order valence-electron chi connectivity index (χ1n) is 9.57. The molecule has 33 heavy (non-hydrogen) atoms. The lowest BCUT2D eigenvalue weighted by molar-refractivity contribution is -0.123. The fourth-order valence-electron chi connectivity index (χ4n) is 3.48. The van der Waals surface area contributed by atoms with Gasteiger partial charge >= 0.3 is 0 Å². The van der Waals surface area contributed by atoms with Crippen molar-refractivity contribution in [3.8, 4) is 22.7 Å². The zero-order valence-electron chi connectivity index (χ0n) is 17.7. The van der Waals surface area contributed by atoms with Gasteiger partial charge in [0.05, 0.1) is 28.3 Å². The second kappa shape index (κ2) is 8.41. The standard InChI is InChI=1S/C21H18F3N3O4S2/c1-11(28)26(2)33(29,30)13-6-4-12(5-7-13)27-19-14-8-9-16(31-3)17(22)15(14)10-32-20(19)18(25-27)21(23)24/h4-9,21H,10H2,1-3H3. The number of rotatable bonds is 5. The third-order valence-corrected chi connectivity index (χ3v) is 8.27. The number of hydrogen-bond donors (Lipinski definition) is 0. The van der Waals surface area contributed by atoms with Crippen molar-refractivity contribution < 1.29 is 31.1 Å². The van der Waals surface area contributed by atoms with Crippen molar-refractivity contribution in [2.24, 2.45) is 0 Å². The van der Waals surface area contributed by atoms with Gasteiger partial charge in [-0.05, 0) is 36.4 Å². The molecule has 174 valence electrons. The molecule has 0 bridgehead atoms. The van der Waals surface area contributed by atoms with E-state index >= 15 is 0 Å². The van der Waals surface area contributed by atoms with Gasteiger partial charge in [-0.1, -0.05) is 0 Å². The minimum atomic E-state index is -4.06. The van der Waals surface area contributed by atoms with Gasteiger partial charge in [-0.15, -0.1) is 11.8 Å². The van der Waals surface area contributed by atoms with Crippen molar-refractivity contribution in [3.63, 3.8) is 0 Å². The quantitative estimate of drug-likeness (QED) is 0.520. The van der Waals surface area contributed by atoms with Gasteiger partial charge in [0.2, 0.25) is 5.91 Å². The van der Waals surface area contributed by atoms with Crippen LogP contribution in [0.5, 0.6) is 5.75 Å². The molecule has 2 heterocycles. The molecule has 0 aliphatic carbocycles. The smallest absolute Gasteiger partial charge is 0.283 e. The van der Waals surface area contributed by atoms with E-state index in [1.54, 1.807) is 6.07 Å². The molecule has 2 aromatic carbocycles. The maximum absolute atomic E-state index is 14.9. The van der Waals surface area contributed by atoms with Crippen molar-refractivity contribution in [1.82, 2.24) is 14.1 Å². The number of alkyl halides is 2. The van der Waals surface area contributed by atoms with Crippen LogP contribution in [-0.4, -0.2) is 42.6 Å². The largest absolute Gasteiger partial charge is 0.494 e. The number of thioether (sulfide) groups is 1. The van der Waals surface area contributed by atoms with Gasteiger partial charge in [-0.25, -0.2) is 30.6 Å². The van der Waals surface area contributed by atoms with Crippen molar-refractivity contribution in [2.45, 2.75) is 28.9 Å². The highest BCUT2D eigenvalue weighted by atomic mass is 32.2. The second-order valence-electron chi connectivity index (χ2n) is 7.16. The van der Waals surface area contributed by atoms with Gasteiger partial charge in [0.25, 0.3) is 16.4 Å². The van der Waals surface area contributed by atoms with Crippen LogP contribution in [0.2, 0.25) is 0 Å². The molecular formula is C21H18F3N3O4S2. The molecule has 1 amide bonds. The Morgan fingerprint density at radius 3 is 2.45 bits per heavy atom. The van der Waals surface area contributed by atoms with E-state index in [-0.39, 0.29) is 27.0 Å². The van der Waals surface area contributed by atoms with Crippen LogP contribution < -0.4 is 4.74 Å². The van der Waals surface area contributed by atoms with Gasteiger partial charge in [0, 0.05) is 30.9 Å². The lowest BCUT2D eigenvalue weighted by Crippen LogP contribution is -2.31. The van der Waals surface area contributed by atoms with E-state index in [0.29, 0.717) is 21.1 Å². The zero-order valence-corrected chi connectivity index (χ0v) is 19.3. The Balaban J connectivity index is 1.87. The number of ether oxygens (including phenoxy) is 1. The number of nitrogens with zero attached hydrogens (tertiary/aromatic N) is 3. The first-order valence-corrected chi connectivity index (χ1v) is 12.0. The molecule has 0 radical (unpaired) electrons. The molecule has 0 atom stereocenters. The summed E-state index contributed by atoms with van der Waals surface area (Å²) >= 11 is 1.05. The predicted octanol–water partition coefficient (Wildman–Crippen LogP) is 4.40. The lowest BCUT2D eigenvalue weighted by Gasteiger charge is -2.20. The molecule has 1 aliphatic rings. The van der Waals surface area contributed by atoms with Gasteiger partial charge in [-0.2, -0.15) is 5.10 Å². The SMILES string of the molecule is COc1ccc2c(c1F)CSc1c(C(F)F)nn(-c3ccc(S(=O)(=O)N(C)C(C)=O)cc3)c1-2. The normalized spacial score (nSPS) is 12.9. The van der Waals surface area contributed by atoms with Crippen LogP contribution in [0.15, 0.2) is 46.2 Å². The van der Waals surface area contributed by atoms with Crippen LogP contribution >= 0.6 is 11.8 Å². The van der Waals surface area contributed by atoms with Crippen molar-refractivity contribution in [3.05, 3.63) is 53.5 Å². The van der Waals surface area contributed by atoms with Crippen LogP contribution in [0.1, 0.15) is 24.6 Å². The number of methoxy groups -OCH3 is 1. The molecule has 0 unspecified atom stereocenters. The topological polar surface area (TPSA) is 81.5 Å². The maximum Gasteiger partial charge on any atom is 0.283 e. The van der Waals surface area contributed by atoms with Crippen LogP contribution in [-0.2, 0) is 20.6 Å². The predicted molar refractivity (Wildman–Crippen MR) is 116 cm³/mol. The molecule has 0 saturated heterocycles. The van der Waals surface area contributed by atoms with E-state index in [2.05, 4.69) is 5.10 Å². The van der Waals surface area contributed by atoms with Gasteiger partial charge in [0.15, 0.2) is 11.6 Å². The highest BCUT2D eigenvalue weighted by Gasteiger charge is 2.32. The van der Waals surface area contributed by atoms with E-state index in [1.807, 2.05) is 0 Å². The summed E-state index contributed by atoms with van der Waals surface area (Å²) in [6.07, 6.45) is -2.86. The van der Waals surface area contributed by atoms with Crippen LogP contribution in [0.3, 0.4) is 0 Å². The van der Waals surface area contributed by atoms with Crippen molar-refractivity contribution in [2.75, 3.05) is 14.2 Å². The number of carbonyl (C=O) groups excluding carboxylic acids is 1. The van der Waals surface area contributed by atoms with E-state index in [9.17, 15) is 26.4 Å². The maximum atomic E-state index is 14.9. The number of hydrogen-bond acceptors (Lipinski definition) is 6. The first kappa shape index (κ1) is 23.2. The molecule has 0 N–H and O–H groups in total. The second-order valence-corrected chi connectivity index (χ2v) is 10.1. The van der Waals surface area contributed by atoms with Crippen molar-refractivity contribution in [1.29, 1.82) is 0 Å². The summed E-state index contributed by atoms with van der Waals surface area (Å²) in [4.78, 5) is 11.6. The van der Waals surface area contributed by atoms with Gasteiger partial charge in [-0.3, -0.25) is 4.79 Å². The van der Waals surface area contributed by atoms with Crippen molar-refractivity contribution >= 4 is 27.7 Å². The molecule has 0 fully saturated rings. The van der Waals surface area contributed by atoms with Gasteiger partial charge < -0.3 is 4.74 Å². The Morgan fingerprint density at radius 1 is 1.21 bits per heavy atom. The summed E-state index contributed by atoms with van der Waals surface area (Å²) in [6.45, 7) is 1.12. The summed E-state index contributed by atoms with van der Waals surface area (Å²) in [5.41, 5.74) is 0.845. The van der Waals surface area contributed by atoms with Gasteiger partial charge in [0.1, 0.15) is 5.69 Å². The minimum absolute atomic E-state index is 0.0436. The fourth-order valence-corrected chi connectivity index (χ4v) is 5.80. The highest BCUT2D eigenvalue weighted by molar-refractivity contribution is 7.98. The molecule has 7 nitrogen and oxygen atoms in total. The third kappa shape index (κ3) is 3.76. The van der Waals surface area contributed by atoms with Crippen LogP contribution in [0.25, 0.3) is 16.9 Å².